The lowest BCUT2D eigenvalue weighted by Gasteiger charge is -2.28. The van der Waals surface area contributed by atoms with Crippen molar-refractivity contribution in [1.82, 2.24) is 4.90 Å². The molecule has 1 rings (SSSR count). The highest BCUT2D eigenvalue weighted by Crippen LogP contribution is 2.28. The van der Waals surface area contributed by atoms with Crippen molar-refractivity contribution in [3.05, 3.63) is 0 Å². The highest BCUT2D eigenvalue weighted by atomic mass is 16.2. The Bertz CT molecular complexity index is 332. The normalized spacial score (nSPS) is 24.2. The third-order valence-electron chi connectivity index (χ3n) is 4.43. The van der Waals surface area contributed by atoms with Crippen LogP contribution < -0.4 is 0 Å². The van der Waals surface area contributed by atoms with Gasteiger partial charge < -0.3 is 4.90 Å². The molecule has 0 aliphatic carbocycles. The number of likely N-dealkylation sites (tertiary alicyclic amines) is 1. The summed E-state index contributed by atoms with van der Waals surface area (Å²) in [5.74, 6) is 1.43. The fraction of sp³-hybridized carbons (Fsp3) is 0.867. The molecular weight excluding hydrogens is 224 g/mol. The number of amides is 1. The van der Waals surface area contributed by atoms with E-state index < -0.39 is 5.41 Å². The van der Waals surface area contributed by atoms with Gasteiger partial charge in [0.15, 0.2) is 0 Å². The Labute approximate surface area is 111 Å². The number of hydrogen-bond acceptors (Lipinski definition) is 2. The number of nitriles is 1. The molecule has 2 atom stereocenters. The van der Waals surface area contributed by atoms with Crippen LogP contribution in [0.2, 0.25) is 0 Å². The van der Waals surface area contributed by atoms with E-state index in [0.717, 1.165) is 31.8 Å². The van der Waals surface area contributed by atoms with Gasteiger partial charge in [-0.15, -0.1) is 0 Å². The SMILES string of the molecule is CCC(C)(C#N)C(=O)N1CCCC(C(C)C)CC1. The van der Waals surface area contributed by atoms with Crippen molar-refractivity contribution in [3.63, 3.8) is 0 Å². The van der Waals surface area contributed by atoms with Crippen molar-refractivity contribution in [2.45, 2.75) is 53.4 Å². The van der Waals surface area contributed by atoms with Crippen LogP contribution in [0.15, 0.2) is 0 Å². The van der Waals surface area contributed by atoms with Crippen LogP contribution in [0.4, 0.5) is 0 Å². The summed E-state index contributed by atoms with van der Waals surface area (Å²) in [6, 6.07) is 2.19. The van der Waals surface area contributed by atoms with Gasteiger partial charge in [0.2, 0.25) is 5.91 Å². The first-order valence-corrected chi connectivity index (χ1v) is 7.15. The zero-order valence-electron chi connectivity index (χ0n) is 12.2. The summed E-state index contributed by atoms with van der Waals surface area (Å²) in [6.45, 7) is 9.83. The average Bonchev–Trinajstić information content (AvgIpc) is 2.62. The molecule has 1 fully saturated rings. The molecule has 0 radical (unpaired) electrons. The van der Waals surface area contributed by atoms with Crippen molar-refractivity contribution in [2.24, 2.45) is 17.3 Å². The van der Waals surface area contributed by atoms with Crippen LogP contribution in [0, 0.1) is 28.6 Å². The largest absolute Gasteiger partial charge is 0.341 e. The van der Waals surface area contributed by atoms with Gasteiger partial charge in [0.05, 0.1) is 6.07 Å². The molecular formula is C15H26N2O. The number of nitrogens with zero attached hydrogens (tertiary/aromatic N) is 2. The van der Waals surface area contributed by atoms with Crippen molar-refractivity contribution in [3.8, 4) is 6.07 Å². The number of carbonyl (C=O) groups is 1. The zero-order chi connectivity index (χ0) is 13.8. The molecule has 3 nitrogen and oxygen atoms in total. The molecule has 0 aromatic rings. The van der Waals surface area contributed by atoms with E-state index in [4.69, 9.17) is 0 Å². The van der Waals surface area contributed by atoms with E-state index in [9.17, 15) is 10.1 Å². The van der Waals surface area contributed by atoms with Gasteiger partial charge in [-0.25, -0.2) is 0 Å². The lowest BCUT2D eigenvalue weighted by Crippen LogP contribution is -2.42. The molecule has 0 saturated carbocycles. The molecule has 1 heterocycles. The average molecular weight is 250 g/mol. The fourth-order valence-electron chi connectivity index (χ4n) is 2.62. The van der Waals surface area contributed by atoms with E-state index in [1.807, 2.05) is 11.8 Å². The standard InChI is InChI=1S/C15H26N2O/c1-5-15(4,11-16)14(18)17-9-6-7-13(8-10-17)12(2)3/h12-13H,5-10H2,1-4H3. The first kappa shape index (κ1) is 15.0. The maximum Gasteiger partial charge on any atom is 0.242 e. The molecule has 0 spiro atoms. The van der Waals surface area contributed by atoms with E-state index in [0.29, 0.717) is 12.3 Å². The predicted molar refractivity (Wildman–Crippen MR) is 72.8 cm³/mol. The first-order valence-electron chi connectivity index (χ1n) is 7.15. The minimum absolute atomic E-state index is 0.0249. The Kier molecular flexibility index (Phi) is 5.19. The van der Waals surface area contributed by atoms with E-state index in [2.05, 4.69) is 19.9 Å². The number of rotatable bonds is 3. The lowest BCUT2D eigenvalue weighted by molar-refractivity contribution is -0.138. The zero-order valence-corrected chi connectivity index (χ0v) is 12.2. The van der Waals surface area contributed by atoms with Crippen molar-refractivity contribution >= 4 is 5.91 Å². The summed E-state index contributed by atoms with van der Waals surface area (Å²) in [6.07, 6.45) is 3.94. The van der Waals surface area contributed by atoms with Gasteiger partial charge in [-0.2, -0.15) is 5.26 Å². The molecule has 1 aliphatic heterocycles. The minimum atomic E-state index is -0.836. The molecule has 3 heteroatoms. The summed E-state index contributed by atoms with van der Waals surface area (Å²) < 4.78 is 0. The molecule has 18 heavy (non-hydrogen) atoms. The van der Waals surface area contributed by atoms with Gasteiger partial charge in [0.25, 0.3) is 0 Å². The van der Waals surface area contributed by atoms with Crippen LogP contribution in [-0.2, 0) is 4.79 Å². The molecule has 0 aromatic heterocycles. The fourth-order valence-corrected chi connectivity index (χ4v) is 2.62. The summed E-state index contributed by atoms with van der Waals surface area (Å²) in [4.78, 5) is 14.3. The Hall–Kier alpha value is -1.04. The van der Waals surface area contributed by atoms with Crippen LogP contribution in [-0.4, -0.2) is 23.9 Å². The van der Waals surface area contributed by atoms with E-state index in [1.165, 1.54) is 6.42 Å². The van der Waals surface area contributed by atoms with E-state index in [-0.39, 0.29) is 5.91 Å². The second-order valence-electron chi connectivity index (χ2n) is 6.02. The molecule has 1 amide bonds. The summed E-state index contributed by atoms with van der Waals surface area (Å²) >= 11 is 0. The second kappa shape index (κ2) is 6.22. The highest BCUT2D eigenvalue weighted by molar-refractivity contribution is 5.85. The molecule has 102 valence electrons. The maximum atomic E-state index is 12.4. The monoisotopic (exact) mass is 250 g/mol. The second-order valence-corrected chi connectivity index (χ2v) is 6.02. The van der Waals surface area contributed by atoms with Gasteiger partial charge in [0.1, 0.15) is 5.41 Å². The first-order chi connectivity index (χ1) is 8.44. The molecule has 2 unspecified atom stereocenters. The number of hydrogen-bond donors (Lipinski definition) is 0. The lowest BCUT2D eigenvalue weighted by atomic mass is 9.87. The van der Waals surface area contributed by atoms with E-state index in [1.54, 1.807) is 6.92 Å². The Balaban J connectivity index is 2.69. The summed E-state index contributed by atoms with van der Waals surface area (Å²) in [5, 5.41) is 9.20. The van der Waals surface area contributed by atoms with Crippen molar-refractivity contribution < 1.29 is 4.79 Å². The van der Waals surface area contributed by atoms with Crippen LogP contribution in [0.1, 0.15) is 53.4 Å². The quantitative estimate of drug-likeness (QED) is 0.772. The molecule has 0 N–H and O–H groups in total. The maximum absolute atomic E-state index is 12.4. The molecule has 0 bridgehead atoms. The van der Waals surface area contributed by atoms with Gasteiger partial charge in [0, 0.05) is 13.1 Å². The summed E-state index contributed by atoms with van der Waals surface area (Å²) in [7, 11) is 0. The van der Waals surface area contributed by atoms with Crippen LogP contribution in [0.5, 0.6) is 0 Å². The van der Waals surface area contributed by atoms with Crippen LogP contribution >= 0.6 is 0 Å². The van der Waals surface area contributed by atoms with Crippen LogP contribution in [0.25, 0.3) is 0 Å². The van der Waals surface area contributed by atoms with Crippen molar-refractivity contribution in [2.75, 3.05) is 13.1 Å². The Morgan fingerprint density at radius 1 is 1.44 bits per heavy atom. The minimum Gasteiger partial charge on any atom is -0.341 e. The molecule has 1 aliphatic rings. The topological polar surface area (TPSA) is 44.1 Å². The van der Waals surface area contributed by atoms with Gasteiger partial charge >= 0.3 is 0 Å². The third kappa shape index (κ3) is 3.25. The van der Waals surface area contributed by atoms with Crippen molar-refractivity contribution in [1.29, 1.82) is 5.26 Å². The van der Waals surface area contributed by atoms with Crippen LogP contribution in [0.3, 0.4) is 0 Å². The van der Waals surface area contributed by atoms with Gasteiger partial charge in [-0.1, -0.05) is 20.8 Å². The van der Waals surface area contributed by atoms with Gasteiger partial charge in [-0.3, -0.25) is 4.79 Å². The van der Waals surface area contributed by atoms with E-state index >= 15 is 0 Å². The smallest absolute Gasteiger partial charge is 0.242 e. The predicted octanol–water partition coefficient (Wildman–Crippen LogP) is 3.21. The molecule has 0 aromatic carbocycles. The number of carbonyl (C=O) groups excluding carboxylic acids is 1. The third-order valence-corrected chi connectivity index (χ3v) is 4.43. The highest BCUT2D eigenvalue weighted by Gasteiger charge is 2.36. The van der Waals surface area contributed by atoms with Gasteiger partial charge in [-0.05, 0) is 44.4 Å². The Morgan fingerprint density at radius 3 is 2.61 bits per heavy atom. The molecule has 1 saturated heterocycles. The Morgan fingerprint density at radius 2 is 2.11 bits per heavy atom. The summed E-state index contributed by atoms with van der Waals surface area (Å²) in [5.41, 5.74) is -0.836.